The molecule has 0 unspecified atom stereocenters. The molecule has 0 spiro atoms. The minimum Gasteiger partial charge on any atom is -0.486 e. The SMILES string of the molecule is O=C(O)[C@@H](Cc1ccccc1)NCc1ccc2c(c1)OCCO2. The van der Waals surface area contributed by atoms with E-state index in [-0.39, 0.29) is 0 Å². The first-order valence-corrected chi connectivity index (χ1v) is 7.61. The molecule has 0 aromatic heterocycles. The van der Waals surface area contributed by atoms with Crippen molar-refractivity contribution in [1.82, 2.24) is 5.32 Å². The van der Waals surface area contributed by atoms with Crippen molar-refractivity contribution in [2.24, 2.45) is 0 Å². The van der Waals surface area contributed by atoms with E-state index < -0.39 is 12.0 Å². The molecule has 0 saturated heterocycles. The number of carboxylic acids is 1. The average Bonchev–Trinajstić information content (AvgIpc) is 2.59. The molecule has 0 bridgehead atoms. The first kappa shape index (κ1) is 15.4. The van der Waals surface area contributed by atoms with Gasteiger partial charge in [-0.25, -0.2) is 0 Å². The Hall–Kier alpha value is -2.53. The summed E-state index contributed by atoms with van der Waals surface area (Å²) < 4.78 is 11.0. The molecule has 5 heteroatoms. The van der Waals surface area contributed by atoms with Crippen molar-refractivity contribution in [3.8, 4) is 11.5 Å². The summed E-state index contributed by atoms with van der Waals surface area (Å²) in [6.07, 6.45) is 0.445. The third-order valence-corrected chi connectivity index (χ3v) is 3.74. The highest BCUT2D eigenvalue weighted by molar-refractivity contribution is 5.73. The summed E-state index contributed by atoms with van der Waals surface area (Å²) in [4.78, 5) is 11.5. The van der Waals surface area contributed by atoms with Crippen LogP contribution in [0.2, 0.25) is 0 Å². The van der Waals surface area contributed by atoms with Crippen LogP contribution in [0, 0.1) is 0 Å². The number of rotatable bonds is 6. The molecule has 0 saturated carbocycles. The van der Waals surface area contributed by atoms with Gasteiger partial charge in [0.2, 0.25) is 0 Å². The lowest BCUT2D eigenvalue weighted by Crippen LogP contribution is -2.38. The number of carbonyl (C=O) groups is 1. The van der Waals surface area contributed by atoms with Crippen LogP contribution in [0.15, 0.2) is 48.5 Å². The first-order valence-electron chi connectivity index (χ1n) is 7.61. The summed E-state index contributed by atoms with van der Waals surface area (Å²) in [6.45, 7) is 1.55. The quantitative estimate of drug-likeness (QED) is 0.856. The van der Waals surface area contributed by atoms with Gasteiger partial charge in [0.15, 0.2) is 11.5 Å². The lowest BCUT2D eigenvalue weighted by Gasteiger charge is -2.19. The Morgan fingerprint density at radius 3 is 2.52 bits per heavy atom. The van der Waals surface area contributed by atoms with E-state index in [1.54, 1.807) is 0 Å². The number of aliphatic carboxylic acids is 1. The van der Waals surface area contributed by atoms with Gasteiger partial charge in [0.05, 0.1) is 0 Å². The molecular weight excluding hydrogens is 294 g/mol. The molecule has 23 heavy (non-hydrogen) atoms. The summed E-state index contributed by atoms with van der Waals surface area (Å²) in [5, 5.41) is 12.5. The number of fused-ring (bicyclic) bond motifs is 1. The molecule has 1 atom stereocenters. The predicted molar refractivity (Wildman–Crippen MR) is 85.8 cm³/mol. The Bertz CT molecular complexity index is 672. The van der Waals surface area contributed by atoms with Crippen molar-refractivity contribution in [2.75, 3.05) is 13.2 Å². The third kappa shape index (κ3) is 4.02. The lowest BCUT2D eigenvalue weighted by atomic mass is 10.1. The zero-order chi connectivity index (χ0) is 16.1. The van der Waals surface area contributed by atoms with E-state index in [9.17, 15) is 9.90 Å². The minimum atomic E-state index is -0.855. The fraction of sp³-hybridized carbons (Fsp3) is 0.278. The van der Waals surface area contributed by atoms with Crippen LogP contribution in [0.4, 0.5) is 0 Å². The van der Waals surface area contributed by atoms with Gasteiger partial charge in [0.1, 0.15) is 19.3 Å². The van der Waals surface area contributed by atoms with E-state index in [1.807, 2.05) is 48.5 Å². The molecule has 3 rings (SSSR count). The monoisotopic (exact) mass is 313 g/mol. The molecule has 2 N–H and O–H groups in total. The van der Waals surface area contributed by atoms with Crippen molar-refractivity contribution in [2.45, 2.75) is 19.0 Å². The van der Waals surface area contributed by atoms with Gasteiger partial charge in [-0.1, -0.05) is 36.4 Å². The highest BCUT2D eigenvalue weighted by Gasteiger charge is 2.18. The standard InChI is InChI=1S/C18H19NO4/c20-18(21)15(10-13-4-2-1-3-5-13)19-12-14-6-7-16-17(11-14)23-9-8-22-16/h1-7,11,15,19H,8-10,12H2,(H,20,21)/t15-/m1/s1. The average molecular weight is 313 g/mol. The second kappa shape index (κ2) is 7.15. The zero-order valence-corrected chi connectivity index (χ0v) is 12.7. The maximum atomic E-state index is 11.5. The summed E-state index contributed by atoms with van der Waals surface area (Å²) in [5.74, 6) is 0.593. The van der Waals surface area contributed by atoms with Crippen LogP contribution in [-0.4, -0.2) is 30.3 Å². The second-order valence-electron chi connectivity index (χ2n) is 5.44. The van der Waals surface area contributed by atoms with Crippen molar-refractivity contribution >= 4 is 5.97 Å². The fourth-order valence-corrected chi connectivity index (χ4v) is 2.54. The predicted octanol–water partition coefficient (Wildman–Crippen LogP) is 2.24. The molecule has 1 aliphatic rings. The molecular formula is C18H19NO4. The number of ether oxygens (including phenoxy) is 2. The van der Waals surface area contributed by atoms with E-state index in [2.05, 4.69) is 5.32 Å². The maximum Gasteiger partial charge on any atom is 0.321 e. The first-order chi connectivity index (χ1) is 11.2. The van der Waals surface area contributed by atoms with Gasteiger partial charge >= 0.3 is 5.97 Å². The van der Waals surface area contributed by atoms with Crippen LogP contribution in [0.3, 0.4) is 0 Å². The Balaban J connectivity index is 1.64. The maximum absolute atomic E-state index is 11.5. The molecule has 0 radical (unpaired) electrons. The molecule has 1 aliphatic heterocycles. The van der Waals surface area contributed by atoms with Gasteiger partial charge < -0.3 is 19.9 Å². The molecule has 5 nitrogen and oxygen atoms in total. The Kier molecular flexibility index (Phi) is 4.78. The number of hydrogen-bond acceptors (Lipinski definition) is 4. The summed E-state index contributed by atoms with van der Waals surface area (Å²) in [7, 11) is 0. The van der Waals surface area contributed by atoms with E-state index in [1.165, 1.54) is 0 Å². The number of benzene rings is 2. The van der Waals surface area contributed by atoms with E-state index in [4.69, 9.17) is 9.47 Å². The normalized spacial score (nSPS) is 14.3. The van der Waals surface area contributed by atoms with E-state index in [0.29, 0.717) is 31.9 Å². The highest BCUT2D eigenvalue weighted by atomic mass is 16.6. The Labute approximate surface area is 134 Å². The molecule has 2 aromatic rings. The van der Waals surface area contributed by atoms with Gasteiger partial charge in [0, 0.05) is 6.54 Å². The number of hydrogen-bond donors (Lipinski definition) is 2. The van der Waals surface area contributed by atoms with Crippen molar-refractivity contribution in [3.63, 3.8) is 0 Å². The summed E-state index contributed by atoms with van der Waals surface area (Å²) >= 11 is 0. The van der Waals surface area contributed by atoms with Crippen LogP contribution in [-0.2, 0) is 17.8 Å². The molecule has 120 valence electrons. The van der Waals surface area contributed by atoms with Crippen molar-refractivity contribution in [1.29, 1.82) is 0 Å². The topological polar surface area (TPSA) is 67.8 Å². The largest absolute Gasteiger partial charge is 0.486 e. The lowest BCUT2D eigenvalue weighted by molar-refractivity contribution is -0.139. The minimum absolute atomic E-state index is 0.445. The van der Waals surface area contributed by atoms with Gasteiger partial charge in [0.25, 0.3) is 0 Å². The van der Waals surface area contributed by atoms with Crippen LogP contribution < -0.4 is 14.8 Å². The van der Waals surface area contributed by atoms with Crippen LogP contribution in [0.25, 0.3) is 0 Å². The molecule has 2 aromatic carbocycles. The van der Waals surface area contributed by atoms with E-state index in [0.717, 1.165) is 16.9 Å². The van der Waals surface area contributed by atoms with Crippen LogP contribution >= 0.6 is 0 Å². The third-order valence-electron chi connectivity index (χ3n) is 3.74. The summed E-state index contributed by atoms with van der Waals surface area (Å²) in [6, 6.07) is 14.6. The van der Waals surface area contributed by atoms with Crippen LogP contribution in [0.1, 0.15) is 11.1 Å². The molecule has 0 aliphatic carbocycles. The van der Waals surface area contributed by atoms with E-state index >= 15 is 0 Å². The zero-order valence-electron chi connectivity index (χ0n) is 12.7. The number of carboxylic acid groups (broad SMARTS) is 1. The fourth-order valence-electron chi connectivity index (χ4n) is 2.54. The molecule has 1 heterocycles. The Morgan fingerprint density at radius 1 is 1.04 bits per heavy atom. The Morgan fingerprint density at radius 2 is 1.78 bits per heavy atom. The molecule has 0 fully saturated rings. The number of nitrogens with one attached hydrogen (secondary N) is 1. The van der Waals surface area contributed by atoms with Gasteiger partial charge in [-0.15, -0.1) is 0 Å². The molecule has 0 amide bonds. The van der Waals surface area contributed by atoms with Crippen molar-refractivity contribution in [3.05, 3.63) is 59.7 Å². The van der Waals surface area contributed by atoms with Gasteiger partial charge in [-0.2, -0.15) is 0 Å². The van der Waals surface area contributed by atoms with Crippen molar-refractivity contribution < 1.29 is 19.4 Å². The smallest absolute Gasteiger partial charge is 0.321 e. The highest BCUT2D eigenvalue weighted by Crippen LogP contribution is 2.30. The van der Waals surface area contributed by atoms with Crippen LogP contribution in [0.5, 0.6) is 11.5 Å². The van der Waals surface area contributed by atoms with Gasteiger partial charge in [-0.05, 0) is 29.7 Å². The second-order valence-corrected chi connectivity index (χ2v) is 5.44. The van der Waals surface area contributed by atoms with Gasteiger partial charge in [-0.3, -0.25) is 4.79 Å². The summed E-state index contributed by atoms with van der Waals surface area (Å²) in [5.41, 5.74) is 1.96.